The summed E-state index contributed by atoms with van der Waals surface area (Å²) < 4.78 is 0. The number of carboxylic acids is 1. The van der Waals surface area contributed by atoms with E-state index >= 15 is 0 Å². The highest BCUT2D eigenvalue weighted by molar-refractivity contribution is 5.97. The normalized spacial score (nSPS) is 12.7. The molecule has 2 rings (SSSR count). The van der Waals surface area contributed by atoms with Gasteiger partial charge in [0.1, 0.15) is 0 Å². The maximum Gasteiger partial charge on any atom is 0.314 e. The molecule has 0 unspecified atom stereocenters. The first-order chi connectivity index (χ1) is 11.9. The summed E-state index contributed by atoms with van der Waals surface area (Å²) in [5.41, 5.74) is 0.208. The molecule has 0 radical (unpaired) electrons. The summed E-state index contributed by atoms with van der Waals surface area (Å²) in [5, 5.41) is 14.8. The Morgan fingerprint density at radius 1 is 1.00 bits per heavy atom. The summed E-state index contributed by atoms with van der Waals surface area (Å²) in [6, 6.07) is 15.0. The van der Waals surface area contributed by atoms with E-state index in [4.69, 9.17) is 0 Å². The lowest BCUT2D eigenvalue weighted by atomic mass is 9.79. The van der Waals surface area contributed by atoms with Gasteiger partial charge in [-0.2, -0.15) is 0 Å². The van der Waals surface area contributed by atoms with Crippen molar-refractivity contribution in [2.45, 2.75) is 18.8 Å². The van der Waals surface area contributed by atoms with Gasteiger partial charge in [-0.15, -0.1) is 0 Å². The first kappa shape index (κ1) is 18.2. The van der Waals surface area contributed by atoms with Gasteiger partial charge in [-0.25, -0.2) is 0 Å². The van der Waals surface area contributed by atoms with E-state index in [2.05, 4.69) is 10.6 Å². The van der Waals surface area contributed by atoms with Gasteiger partial charge in [0, 0.05) is 24.7 Å². The standard InChI is InChI=1S/C19H20N2O4/c1-19(18(24)25,14-6-4-3-5-7-14)12-16(22)21-15-10-8-13(9-11-15)17(23)20-2/h3-11H,12H2,1-2H3,(H,20,23)(H,21,22)(H,24,25)/t19-/m1/s1. The average Bonchev–Trinajstić information content (AvgIpc) is 2.62. The monoisotopic (exact) mass is 340 g/mol. The number of carbonyl (C=O) groups is 3. The second-order valence-electron chi connectivity index (χ2n) is 5.88. The van der Waals surface area contributed by atoms with Crippen molar-refractivity contribution in [2.75, 3.05) is 12.4 Å². The molecule has 0 aromatic heterocycles. The molecule has 0 heterocycles. The van der Waals surface area contributed by atoms with Crippen LogP contribution in [-0.2, 0) is 15.0 Å². The van der Waals surface area contributed by atoms with Gasteiger partial charge in [0.2, 0.25) is 5.91 Å². The Balaban J connectivity index is 2.12. The molecule has 3 N–H and O–H groups in total. The molecule has 0 aliphatic heterocycles. The van der Waals surface area contributed by atoms with E-state index in [9.17, 15) is 19.5 Å². The lowest BCUT2D eigenvalue weighted by Crippen LogP contribution is -2.36. The van der Waals surface area contributed by atoms with Crippen LogP contribution >= 0.6 is 0 Å². The maximum atomic E-state index is 12.3. The Morgan fingerprint density at radius 2 is 1.60 bits per heavy atom. The Bertz CT molecular complexity index is 772. The van der Waals surface area contributed by atoms with Crippen LogP contribution in [0.1, 0.15) is 29.3 Å². The first-order valence-corrected chi connectivity index (χ1v) is 7.78. The highest BCUT2D eigenvalue weighted by atomic mass is 16.4. The molecule has 0 aliphatic carbocycles. The van der Waals surface area contributed by atoms with Crippen molar-refractivity contribution in [3.8, 4) is 0 Å². The van der Waals surface area contributed by atoms with Gasteiger partial charge in [-0.05, 0) is 36.8 Å². The fraction of sp³-hybridized carbons (Fsp3) is 0.211. The second-order valence-corrected chi connectivity index (χ2v) is 5.88. The number of carboxylic acid groups (broad SMARTS) is 1. The third-order valence-electron chi connectivity index (χ3n) is 4.05. The number of amides is 2. The third-order valence-corrected chi connectivity index (χ3v) is 4.05. The zero-order chi connectivity index (χ0) is 18.4. The van der Waals surface area contributed by atoms with E-state index in [1.165, 1.54) is 14.0 Å². The van der Waals surface area contributed by atoms with E-state index < -0.39 is 17.3 Å². The molecule has 1 atom stereocenters. The van der Waals surface area contributed by atoms with Gasteiger partial charge in [0.15, 0.2) is 0 Å². The SMILES string of the molecule is CNC(=O)c1ccc(NC(=O)C[C@@](C)(C(=O)O)c2ccccc2)cc1. The molecule has 0 aliphatic rings. The minimum atomic E-state index is -1.33. The number of nitrogens with one attached hydrogen (secondary N) is 2. The zero-order valence-electron chi connectivity index (χ0n) is 14.1. The van der Waals surface area contributed by atoms with Crippen LogP contribution in [-0.4, -0.2) is 29.9 Å². The van der Waals surface area contributed by atoms with E-state index in [0.29, 0.717) is 16.8 Å². The van der Waals surface area contributed by atoms with Crippen LogP contribution in [0.4, 0.5) is 5.69 Å². The van der Waals surface area contributed by atoms with Crippen molar-refractivity contribution >= 4 is 23.5 Å². The number of aliphatic carboxylic acids is 1. The molecule has 2 aromatic rings. The first-order valence-electron chi connectivity index (χ1n) is 7.78. The Labute approximate surface area is 145 Å². The number of benzene rings is 2. The summed E-state index contributed by atoms with van der Waals surface area (Å²) in [6.07, 6.45) is -0.205. The average molecular weight is 340 g/mol. The number of carbonyl (C=O) groups excluding carboxylic acids is 2. The zero-order valence-corrected chi connectivity index (χ0v) is 14.1. The van der Waals surface area contributed by atoms with Gasteiger partial charge >= 0.3 is 5.97 Å². The number of hydrogen-bond donors (Lipinski definition) is 3. The Kier molecular flexibility index (Phi) is 5.54. The van der Waals surface area contributed by atoms with E-state index in [-0.39, 0.29) is 12.3 Å². The van der Waals surface area contributed by atoms with Crippen molar-refractivity contribution in [3.05, 3.63) is 65.7 Å². The quantitative estimate of drug-likeness (QED) is 0.752. The molecule has 0 spiro atoms. The van der Waals surface area contributed by atoms with Gasteiger partial charge in [0.25, 0.3) is 5.91 Å². The predicted molar refractivity (Wildman–Crippen MR) is 94.5 cm³/mol. The molecule has 2 amide bonds. The predicted octanol–water partition coefficient (Wildman–Crippen LogP) is 2.42. The van der Waals surface area contributed by atoms with Gasteiger partial charge in [-0.1, -0.05) is 30.3 Å². The van der Waals surface area contributed by atoms with Crippen molar-refractivity contribution in [2.24, 2.45) is 0 Å². The van der Waals surface area contributed by atoms with Crippen LogP contribution in [0.5, 0.6) is 0 Å². The molecular weight excluding hydrogens is 320 g/mol. The molecule has 130 valence electrons. The van der Waals surface area contributed by atoms with Crippen LogP contribution < -0.4 is 10.6 Å². The van der Waals surface area contributed by atoms with Gasteiger partial charge in [-0.3, -0.25) is 14.4 Å². The summed E-state index contributed by atoms with van der Waals surface area (Å²) >= 11 is 0. The minimum Gasteiger partial charge on any atom is -0.481 e. The largest absolute Gasteiger partial charge is 0.481 e. The third kappa shape index (κ3) is 4.23. The maximum absolute atomic E-state index is 12.3. The fourth-order valence-corrected chi connectivity index (χ4v) is 2.48. The lowest BCUT2D eigenvalue weighted by molar-refractivity contribution is -0.145. The topological polar surface area (TPSA) is 95.5 Å². The molecule has 2 aromatic carbocycles. The number of anilines is 1. The van der Waals surface area contributed by atoms with Gasteiger partial charge in [0.05, 0.1) is 5.41 Å². The highest BCUT2D eigenvalue weighted by Gasteiger charge is 2.37. The summed E-state index contributed by atoms with van der Waals surface area (Å²) in [4.78, 5) is 35.6. The highest BCUT2D eigenvalue weighted by Crippen LogP contribution is 2.28. The van der Waals surface area contributed by atoms with Crippen LogP contribution in [0, 0.1) is 0 Å². The van der Waals surface area contributed by atoms with Crippen LogP contribution in [0.25, 0.3) is 0 Å². The van der Waals surface area contributed by atoms with Gasteiger partial charge < -0.3 is 15.7 Å². The molecule has 6 heteroatoms. The Hall–Kier alpha value is -3.15. The summed E-state index contributed by atoms with van der Waals surface area (Å²) in [7, 11) is 1.54. The van der Waals surface area contributed by atoms with Crippen molar-refractivity contribution in [3.63, 3.8) is 0 Å². The molecule has 6 nitrogen and oxygen atoms in total. The molecule has 0 saturated heterocycles. The van der Waals surface area contributed by atoms with Crippen LogP contribution in [0.15, 0.2) is 54.6 Å². The lowest BCUT2D eigenvalue weighted by Gasteiger charge is -2.24. The molecule has 25 heavy (non-hydrogen) atoms. The summed E-state index contributed by atoms with van der Waals surface area (Å²) in [6.45, 7) is 1.53. The summed E-state index contributed by atoms with van der Waals surface area (Å²) in [5.74, 6) is -1.70. The van der Waals surface area contributed by atoms with Crippen molar-refractivity contribution in [1.29, 1.82) is 0 Å². The number of rotatable bonds is 6. The number of hydrogen-bond acceptors (Lipinski definition) is 3. The molecule has 0 saturated carbocycles. The van der Waals surface area contributed by atoms with E-state index in [1.807, 2.05) is 0 Å². The molecular formula is C19H20N2O4. The van der Waals surface area contributed by atoms with E-state index in [1.54, 1.807) is 54.6 Å². The minimum absolute atomic E-state index is 0.205. The van der Waals surface area contributed by atoms with Crippen molar-refractivity contribution < 1.29 is 19.5 Å². The second kappa shape index (κ2) is 7.61. The molecule has 0 bridgehead atoms. The molecule has 0 fully saturated rings. The van der Waals surface area contributed by atoms with E-state index in [0.717, 1.165) is 0 Å². The Morgan fingerprint density at radius 3 is 2.12 bits per heavy atom. The smallest absolute Gasteiger partial charge is 0.314 e. The van der Waals surface area contributed by atoms with Crippen LogP contribution in [0.2, 0.25) is 0 Å². The fourth-order valence-electron chi connectivity index (χ4n) is 2.48. The van der Waals surface area contributed by atoms with Crippen LogP contribution in [0.3, 0.4) is 0 Å². The van der Waals surface area contributed by atoms with Crippen molar-refractivity contribution in [1.82, 2.24) is 5.32 Å².